The SMILES string of the molecule is COn1c(C#N)ccc1-c1ccc(Cl)cc1. The molecular weight excluding hydrogens is 224 g/mol. The molecule has 0 spiro atoms. The van der Waals surface area contributed by atoms with Crippen molar-refractivity contribution < 1.29 is 4.84 Å². The highest BCUT2D eigenvalue weighted by atomic mass is 35.5. The van der Waals surface area contributed by atoms with E-state index in [4.69, 9.17) is 21.7 Å². The normalized spacial score (nSPS) is 9.81. The first-order valence-corrected chi connectivity index (χ1v) is 5.06. The summed E-state index contributed by atoms with van der Waals surface area (Å²) in [6.45, 7) is 0. The molecule has 0 atom stereocenters. The minimum atomic E-state index is 0.465. The summed E-state index contributed by atoms with van der Waals surface area (Å²) in [6.07, 6.45) is 0. The van der Waals surface area contributed by atoms with Crippen molar-refractivity contribution in [2.24, 2.45) is 0 Å². The molecule has 1 aromatic carbocycles. The molecule has 80 valence electrons. The van der Waals surface area contributed by atoms with Crippen LogP contribution < -0.4 is 4.84 Å². The van der Waals surface area contributed by atoms with Crippen LogP contribution in [0.3, 0.4) is 0 Å². The number of hydrogen-bond acceptors (Lipinski definition) is 2. The summed E-state index contributed by atoms with van der Waals surface area (Å²) in [5.41, 5.74) is 2.25. The van der Waals surface area contributed by atoms with Gasteiger partial charge in [0.2, 0.25) is 0 Å². The Hall–Kier alpha value is -1.92. The molecule has 0 bridgehead atoms. The second-order valence-electron chi connectivity index (χ2n) is 3.20. The van der Waals surface area contributed by atoms with Crippen molar-refractivity contribution in [3.63, 3.8) is 0 Å². The fourth-order valence-corrected chi connectivity index (χ4v) is 1.66. The largest absolute Gasteiger partial charge is 0.416 e. The predicted octanol–water partition coefficient (Wildman–Crippen LogP) is 2.74. The molecule has 0 aliphatic rings. The van der Waals surface area contributed by atoms with Crippen molar-refractivity contribution in [3.8, 4) is 17.3 Å². The molecule has 16 heavy (non-hydrogen) atoms. The maximum Gasteiger partial charge on any atom is 0.157 e. The third-order valence-corrected chi connectivity index (χ3v) is 2.53. The van der Waals surface area contributed by atoms with E-state index >= 15 is 0 Å². The standard InChI is InChI=1S/C12H9ClN2O/c1-16-15-11(8-14)6-7-12(15)9-2-4-10(13)5-3-9/h2-7H,1H3. The predicted molar refractivity (Wildman–Crippen MR) is 62.1 cm³/mol. The van der Waals surface area contributed by atoms with Crippen LogP contribution in [0.15, 0.2) is 36.4 Å². The highest BCUT2D eigenvalue weighted by Crippen LogP contribution is 2.23. The summed E-state index contributed by atoms with van der Waals surface area (Å²) in [6, 6.07) is 13.0. The fourth-order valence-electron chi connectivity index (χ4n) is 1.54. The highest BCUT2D eigenvalue weighted by Gasteiger charge is 2.09. The van der Waals surface area contributed by atoms with Gasteiger partial charge in [-0.1, -0.05) is 23.7 Å². The van der Waals surface area contributed by atoms with Crippen molar-refractivity contribution in [1.29, 1.82) is 5.26 Å². The van der Waals surface area contributed by atoms with Gasteiger partial charge in [0.05, 0.1) is 5.69 Å². The van der Waals surface area contributed by atoms with Crippen LogP contribution in [0.2, 0.25) is 5.02 Å². The third-order valence-electron chi connectivity index (χ3n) is 2.27. The summed E-state index contributed by atoms with van der Waals surface area (Å²) in [4.78, 5) is 5.15. The Kier molecular flexibility index (Phi) is 2.84. The molecule has 0 radical (unpaired) electrons. The van der Waals surface area contributed by atoms with Crippen molar-refractivity contribution in [1.82, 2.24) is 4.73 Å². The molecule has 2 rings (SSSR count). The molecule has 2 aromatic rings. The van der Waals surface area contributed by atoms with E-state index in [0.29, 0.717) is 10.7 Å². The number of benzene rings is 1. The highest BCUT2D eigenvalue weighted by molar-refractivity contribution is 6.30. The first-order chi connectivity index (χ1) is 7.76. The second kappa shape index (κ2) is 4.30. The molecule has 0 aliphatic carbocycles. The number of nitrogens with zero attached hydrogens (tertiary/aromatic N) is 2. The van der Waals surface area contributed by atoms with E-state index in [1.54, 1.807) is 18.2 Å². The van der Waals surface area contributed by atoms with Gasteiger partial charge in [0.15, 0.2) is 5.69 Å². The zero-order chi connectivity index (χ0) is 11.5. The van der Waals surface area contributed by atoms with E-state index in [1.165, 1.54) is 11.8 Å². The van der Waals surface area contributed by atoms with E-state index in [0.717, 1.165) is 11.3 Å². The van der Waals surface area contributed by atoms with Gasteiger partial charge in [0, 0.05) is 10.6 Å². The second-order valence-corrected chi connectivity index (χ2v) is 3.64. The Morgan fingerprint density at radius 2 is 1.88 bits per heavy atom. The zero-order valence-corrected chi connectivity index (χ0v) is 9.40. The van der Waals surface area contributed by atoms with Crippen molar-refractivity contribution in [3.05, 3.63) is 47.1 Å². The molecule has 0 saturated heterocycles. The number of hydrogen-bond donors (Lipinski definition) is 0. The molecule has 0 unspecified atom stereocenters. The summed E-state index contributed by atoms with van der Waals surface area (Å²) in [5.74, 6) is 0. The minimum Gasteiger partial charge on any atom is -0.416 e. The average molecular weight is 233 g/mol. The number of aromatic nitrogens is 1. The number of rotatable bonds is 2. The molecule has 0 aliphatic heterocycles. The van der Waals surface area contributed by atoms with Gasteiger partial charge in [-0.3, -0.25) is 0 Å². The van der Waals surface area contributed by atoms with Crippen LogP contribution in [0.1, 0.15) is 5.69 Å². The maximum absolute atomic E-state index is 8.88. The van der Waals surface area contributed by atoms with E-state index in [-0.39, 0.29) is 0 Å². The fraction of sp³-hybridized carbons (Fsp3) is 0.0833. The minimum absolute atomic E-state index is 0.465. The van der Waals surface area contributed by atoms with Crippen LogP contribution in [0.5, 0.6) is 0 Å². The molecule has 1 heterocycles. The van der Waals surface area contributed by atoms with Crippen LogP contribution in [0.4, 0.5) is 0 Å². The average Bonchev–Trinajstić information content (AvgIpc) is 2.72. The Morgan fingerprint density at radius 1 is 1.19 bits per heavy atom. The lowest BCUT2D eigenvalue weighted by Crippen LogP contribution is -2.09. The van der Waals surface area contributed by atoms with E-state index in [2.05, 4.69) is 6.07 Å². The van der Waals surface area contributed by atoms with E-state index < -0.39 is 0 Å². The summed E-state index contributed by atoms with van der Waals surface area (Å²) < 4.78 is 1.49. The van der Waals surface area contributed by atoms with Crippen molar-refractivity contribution in [2.45, 2.75) is 0 Å². The summed E-state index contributed by atoms with van der Waals surface area (Å²) >= 11 is 5.81. The van der Waals surface area contributed by atoms with Gasteiger partial charge in [-0.15, -0.1) is 0 Å². The van der Waals surface area contributed by atoms with E-state index in [1.807, 2.05) is 18.2 Å². The Balaban J connectivity index is 2.52. The third kappa shape index (κ3) is 1.75. The smallest absolute Gasteiger partial charge is 0.157 e. The number of halogens is 1. The molecule has 0 amide bonds. The molecule has 0 saturated carbocycles. The number of nitriles is 1. The lowest BCUT2D eigenvalue weighted by Gasteiger charge is -2.07. The Bertz CT molecular complexity index is 537. The lowest BCUT2D eigenvalue weighted by molar-refractivity contribution is 0.170. The van der Waals surface area contributed by atoms with Gasteiger partial charge in [-0.05, 0) is 24.3 Å². The van der Waals surface area contributed by atoms with Crippen LogP contribution in [-0.4, -0.2) is 11.8 Å². The monoisotopic (exact) mass is 232 g/mol. The first kappa shape index (κ1) is 10.6. The van der Waals surface area contributed by atoms with Gasteiger partial charge in [0.25, 0.3) is 0 Å². The van der Waals surface area contributed by atoms with Gasteiger partial charge in [-0.25, -0.2) is 0 Å². The zero-order valence-electron chi connectivity index (χ0n) is 8.64. The topological polar surface area (TPSA) is 38.0 Å². The molecular formula is C12H9ClN2O. The van der Waals surface area contributed by atoms with Gasteiger partial charge < -0.3 is 4.84 Å². The molecule has 0 fully saturated rings. The first-order valence-electron chi connectivity index (χ1n) is 4.68. The summed E-state index contributed by atoms with van der Waals surface area (Å²) in [5, 5.41) is 9.56. The van der Waals surface area contributed by atoms with Crippen molar-refractivity contribution in [2.75, 3.05) is 7.11 Å². The van der Waals surface area contributed by atoms with E-state index in [9.17, 15) is 0 Å². The Morgan fingerprint density at radius 3 is 2.44 bits per heavy atom. The lowest BCUT2D eigenvalue weighted by atomic mass is 10.2. The van der Waals surface area contributed by atoms with Crippen LogP contribution in [0, 0.1) is 11.3 Å². The molecule has 0 N–H and O–H groups in total. The van der Waals surface area contributed by atoms with Gasteiger partial charge >= 0.3 is 0 Å². The molecule has 1 aromatic heterocycles. The van der Waals surface area contributed by atoms with Crippen molar-refractivity contribution >= 4 is 11.6 Å². The summed E-state index contributed by atoms with van der Waals surface area (Å²) in [7, 11) is 1.53. The maximum atomic E-state index is 8.88. The van der Waals surface area contributed by atoms with Gasteiger partial charge in [0.1, 0.15) is 13.2 Å². The molecule has 4 heteroatoms. The van der Waals surface area contributed by atoms with Gasteiger partial charge in [-0.2, -0.15) is 9.99 Å². The quantitative estimate of drug-likeness (QED) is 0.799. The Labute approximate surface area is 98.4 Å². The van der Waals surface area contributed by atoms with Crippen LogP contribution >= 0.6 is 11.6 Å². The van der Waals surface area contributed by atoms with Crippen LogP contribution in [-0.2, 0) is 0 Å². The van der Waals surface area contributed by atoms with Crippen LogP contribution in [0.25, 0.3) is 11.3 Å². The molecule has 3 nitrogen and oxygen atoms in total.